The average molecular weight is 339 g/mol. The molecule has 114 valence electrons. The van der Waals surface area contributed by atoms with Crippen LogP contribution >= 0.6 is 22.9 Å². The summed E-state index contributed by atoms with van der Waals surface area (Å²) in [6, 6.07) is 20.7. The fraction of sp³-hybridized carbons (Fsp3) is 0.105. The van der Waals surface area contributed by atoms with Gasteiger partial charge in [0.15, 0.2) is 0 Å². The highest BCUT2D eigenvalue weighted by Crippen LogP contribution is 2.37. The van der Waals surface area contributed by atoms with Crippen LogP contribution < -0.4 is 5.01 Å². The fourth-order valence-electron chi connectivity index (χ4n) is 2.91. The third-order valence-electron chi connectivity index (χ3n) is 4.02. The van der Waals surface area contributed by atoms with E-state index >= 15 is 0 Å². The smallest absolute Gasteiger partial charge is 0.0832 e. The Morgan fingerprint density at radius 2 is 1.91 bits per heavy atom. The normalized spacial score (nSPS) is 17.3. The summed E-state index contributed by atoms with van der Waals surface area (Å²) in [6.45, 7) is 0. The van der Waals surface area contributed by atoms with Crippen molar-refractivity contribution < 1.29 is 0 Å². The summed E-state index contributed by atoms with van der Waals surface area (Å²) in [6.07, 6.45) is 0.881. The Kier molecular flexibility index (Phi) is 3.90. The summed E-state index contributed by atoms with van der Waals surface area (Å²) in [7, 11) is 0. The van der Waals surface area contributed by atoms with Crippen LogP contribution in [0.5, 0.6) is 0 Å². The Labute approximate surface area is 144 Å². The molecule has 0 N–H and O–H groups in total. The minimum Gasteiger partial charge on any atom is -0.257 e. The van der Waals surface area contributed by atoms with Gasteiger partial charge < -0.3 is 0 Å². The molecular formula is C19H15ClN2S. The molecule has 4 heteroatoms. The van der Waals surface area contributed by atoms with E-state index < -0.39 is 0 Å². The SMILES string of the molecule is Clc1cccc(C2CC(c3ccsc3)=NN2c2ccccc2)c1. The number of rotatable bonds is 3. The van der Waals surface area contributed by atoms with E-state index in [0.29, 0.717) is 0 Å². The molecule has 2 aromatic carbocycles. The molecule has 1 unspecified atom stereocenters. The molecule has 0 amide bonds. The average Bonchev–Trinajstić information content (AvgIpc) is 3.25. The van der Waals surface area contributed by atoms with Crippen molar-refractivity contribution in [2.75, 3.05) is 5.01 Å². The van der Waals surface area contributed by atoms with Crippen LogP contribution in [-0.2, 0) is 0 Å². The molecule has 0 aliphatic carbocycles. The van der Waals surface area contributed by atoms with E-state index in [9.17, 15) is 0 Å². The van der Waals surface area contributed by atoms with Crippen LogP contribution in [0.1, 0.15) is 23.6 Å². The molecule has 0 radical (unpaired) electrons. The first-order valence-electron chi connectivity index (χ1n) is 7.51. The quantitative estimate of drug-likeness (QED) is 0.593. The number of benzene rings is 2. The van der Waals surface area contributed by atoms with E-state index in [4.69, 9.17) is 16.7 Å². The lowest BCUT2D eigenvalue weighted by Crippen LogP contribution is -2.18. The maximum atomic E-state index is 6.20. The second-order valence-corrected chi connectivity index (χ2v) is 6.73. The number of hydrogen-bond donors (Lipinski definition) is 0. The van der Waals surface area contributed by atoms with Gasteiger partial charge in [-0.25, -0.2) is 0 Å². The van der Waals surface area contributed by atoms with Crippen molar-refractivity contribution in [1.29, 1.82) is 0 Å². The Morgan fingerprint density at radius 1 is 1.04 bits per heavy atom. The fourth-order valence-corrected chi connectivity index (χ4v) is 3.77. The second kappa shape index (κ2) is 6.19. The number of para-hydroxylation sites is 1. The predicted molar refractivity (Wildman–Crippen MR) is 98.6 cm³/mol. The summed E-state index contributed by atoms with van der Waals surface area (Å²) >= 11 is 7.90. The highest BCUT2D eigenvalue weighted by Gasteiger charge is 2.30. The van der Waals surface area contributed by atoms with Gasteiger partial charge >= 0.3 is 0 Å². The third-order valence-corrected chi connectivity index (χ3v) is 4.94. The topological polar surface area (TPSA) is 15.6 Å². The standard InChI is InChI=1S/C19H15ClN2S/c20-16-6-4-5-14(11-16)19-12-18(15-9-10-23-13-15)21-22(19)17-7-2-1-3-8-17/h1-11,13,19H,12H2. The van der Waals surface area contributed by atoms with Gasteiger partial charge in [0.2, 0.25) is 0 Å². The van der Waals surface area contributed by atoms with E-state index in [-0.39, 0.29) is 6.04 Å². The molecule has 4 rings (SSSR count). The van der Waals surface area contributed by atoms with Crippen molar-refractivity contribution in [2.45, 2.75) is 12.5 Å². The van der Waals surface area contributed by atoms with Gasteiger partial charge in [-0.05, 0) is 46.7 Å². The lowest BCUT2D eigenvalue weighted by atomic mass is 9.99. The van der Waals surface area contributed by atoms with Crippen LogP contribution in [0.15, 0.2) is 76.5 Å². The van der Waals surface area contributed by atoms with Crippen LogP contribution in [0.2, 0.25) is 5.02 Å². The number of nitrogens with zero attached hydrogens (tertiary/aromatic N) is 2. The molecule has 0 fully saturated rings. The molecule has 1 aliphatic rings. The first-order valence-corrected chi connectivity index (χ1v) is 8.83. The molecule has 0 bridgehead atoms. The zero-order valence-electron chi connectivity index (χ0n) is 12.4. The number of thiophene rings is 1. The molecule has 0 saturated heterocycles. The number of halogens is 1. The molecule has 0 saturated carbocycles. The largest absolute Gasteiger partial charge is 0.257 e. The number of hydrogen-bond acceptors (Lipinski definition) is 3. The van der Waals surface area contributed by atoms with Crippen molar-refractivity contribution in [1.82, 2.24) is 0 Å². The molecule has 1 atom stereocenters. The maximum Gasteiger partial charge on any atom is 0.0832 e. The molecular weight excluding hydrogens is 324 g/mol. The maximum absolute atomic E-state index is 6.20. The molecule has 23 heavy (non-hydrogen) atoms. The molecule has 0 spiro atoms. The van der Waals surface area contributed by atoms with Crippen LogP contribution in [0.4, 0.5) is 5.69 Å². The highest BCUT2D eigenvalue weighted by atomic mass is 35.5. The van der Waals surface area contributed by atoms with E-state index in [2.05, 4.69) is 40.0 Å². The summed E-state index contributed by atoms with van der Waals surface area (Å²) in [4.78, 5) is 0. The van der Waals surface area contributed by atoms with E-state index in [0.717, 1.165) is 22.8 Å². The summed E-state index contributed by atoms with van der Waals surface area (Å²) in [5.74, 6) is 0. The minimum atomic E-state index is 0.172. The van der Waals surface area contributed by atoms with E-state index in [1.165, 1.54) is 11.1 Å². The molecule has 1 aromatic heterocycles. The monoisotopic (exact) mass is 338 g/mol. The van der Waals surface area contributed by atoms with Gasteiger partial charge in [0.1, 0.15) is 0 Å². The van der Waals surface area contributed by atoms with E-state index in [1.807, 2.05) is 36.4 Å². The van der Waals surface area contributed by atoms with Crippen molar-refractivity contribution >= 4 is 34.3 Å². The Bertz CT molecular complexity index is 828. The Balaban J connectivity index is 1.76. The van der Waals surface area contributed by atoms with Gasteiger partial charge in [0, 0.05) is 17.0 Å². The third kappa shape index (κ3) is 2.90. The second-order valence-electron chi connectivity index (χ2n) is 5.51. The van der Waals surface area contributed by atoms with Crippen molar-refractivity contribution in [3.05, 3.63) is 87.6 Å². The number of anilines is 1. The van der Waals surface area contributed by atoms with Gasteiger partial charge in [-0.2, -0.15) is 16.4 Å². The Morgan fingerprint density at radius 3 is 2.65 bits per heavy atom. The van der Waals surface area contributed by atoms with Crippen molar-refractivity contribution in [2.24, 2.45) is 5.10 Å². The number of hydrazone groups is 1. The lowest BCUT2D eigenvalue weighted by Gasteiger charge is -2.24. The van der Waals surface area contributed by atoms with Gasteiger partial charge in [0.25, 0.3) is 0 Å². The molecule has 3 aromatic rings. The van der Waals surface area contributed by atoms with Crippen LogP contribution in [0.3, 0.4) is 0 Å². The van der Waals surface area contributed by atoms with E-state index in [1.54, 1.807) is 11.3 Å². The van der Waals surface area contributed by atoms with Gasteiger partial charge in [-0.1, -0.05) is 41.9 Å². The van der Waals surface area contributed by atoms with Gasteiger partial charge in [0.05, 0.1) is 17.4 Å². The van der Waals surface area contributed by atoms with Crippen LogP contribution in [-0.4, -0.2) is 5.71 Å². The molecule has 1 aliphatic heterocycles. The lowest BCUT2D eigenvalue weighted by molar-refractivity contribution is 0.709. The molecule has 2 nitrogen and oxygen atoms in total. The van der Waals surface area contributed by atoms with Crippen molar-refractivity contribution in [3.8, 4) is 0 Å². The zero-order chi connectivity index (χ0) is 15.6. The van der Waals surface area contributed by atoms with Crippen LogP contribution in [0, 0.1) is 0 Å². The van der Waals surface area contributed by atoms with Crippen LogP contribution in [0.25, 0.3) is 0 Å². The predicted octanol–water partition coefficient (Wildman–Crippen LogP) is 5.76. The summed E-state index contributed by atoms with van der Waals surface area (Å²) in [5.41, 5.74) is 4.62. The summed E-state index contributed by atoms with van der Waals surface area (Å²) in [5, 5.41) is 12.0. The first kappa shape index (κ1) is 14.5. The minimum absolute atomic E-state index is 0.172. The highest BCUT2D eigenvalue weighted by molar-refractivity contribution is 7.08. The molecule has 2 heterocycles. The Hall–Kier alpha value is -2.10. The zero-order valence-corrected chi connectivity index (χ0v) is 14.0. The van der Waals surface area contributed by atoms with Gasteiger partial charge in [-0.3, -0.25) is 5.01 Å². The first-order chi connectivity index (χ1) is 11.3. The van der Waals surface area contributed by atoms with Gasteiger partial charge in [-0.15, -0.1) is 0 Å². The summed E-state index contributed by atoms with van der Waals surface area (Å²) < 4.78 is 0. The van der Waals surface area contributed by atoms with Crippen molar-refractivity contribution in [3.63, 3.8) is 0 Å².